The first-order valence-corrected chi connectivity index (χ1v) is 6.36. The number of nitrogens with one attached hydrogen (secondary N) is 1. The molecule has 14 heavy (non-hydrogen) atoms. The highest BCUT2D eigenvalue weighted by molar-refractivity contribution is 7.10. The van der Waals surface area contributed by atoms with Crippen molar-refractivity contribution >= 4 is 11.3 Å². The minimum Gasteiger partial charge on any atom is -0.307 e. The monoisotopic (exact) mass is 209 g/mol. The molecule has 1 saturated carbocycles. The largest absolute Gasteiger partial charge is 0.307 e. The zero-order valence-corrected chi connectivity index (χ0v) is 10.0. The van der Waals surface area contributed by atoms with Crippen molar-refractivity contribution in [3.8, 4) is 0 Å². The fourth-order valence-corrected chi connectivity index (χ4v) is 2.98. The van der Waals surface area contributed by atoms with Gasteiger partial charge in [0.1, 0.15) is 0 Å². The van der Waals surface area contributed by atoms with Gasteiger partial charge in [0, 0.05) is 17.0 Å². The second-order valence-electron chi connectivity index (χ2n) is 4.48. The second kappa shape index (κ2) is 4.03. The van der Waals surface area contributed by atoms with Gasteiger partial charge in [-0.25, -0.2) is 0 Å². The van der Waals surface area contributed by atoms with Gasteiger partial charge < -0.3 is 5.32 Å². The van der Waals surface area contributed by atoms with Crippen LogP contribution in [0.5, 0.6) is 0 Å². The van der Waals surface area contributed by atoms with Crippen molar-refractivity contribution in [3.05, 3.63) is 21.9 Å². The Balaban J connectivity index is 1.94. The lowest BCUT2D eigenvalue weighted by atomic mass is 10.1. The third-order valence-corrected chi connectivity index (χ3v) is 4.34. The van der Waals surface area contributed by atoms with Gasteiger partial charge in [-0.2, -0.15) is 0 Å². The highest BCUT2D eigenvalue weighted by atomic mass is 32.1. The van der Waals surface area contributed by atoms with Crippen LogP contribution >= 0.6 is 11.3 Å². The predicted octanol–water partition coefficient (Wildman–Crippen LogP) is 3.51. The third kappa shape index (κ3) is 2.18. The van der Waals surface area contributed by atoms with Crippen molar-refractivity contribution in [2.45, 2.75) is 45.7 Å². The standard InChI is InChI=1S/C12H19NS/c1-8-6-7-14-12(8)10(3)13-9(2)11-4-5-11/h6-7,9-11,13H,4-5H2,1-3H3. The van der Waals surface area contributed by atoms with E-state index >= 15 is 0 Å². The van der Waals surface area contributed by atoms with Crippen molar-refractivity contribution in [3.63, 3.8) is 0 Å². The quantitative estimate of drug-likeness (QED) is 0.800. The number of rotatable bonds is 4. The maximum absolute atomic E-state index is 3.70. The number of aryl methyl sites for hydroxylation is 1. The van der Waals surface area contributed by atoms with Crippen molar-refractivity contribution in [2.24, 2.45) is 5.92 Å². The van der Waals surface area contributed by atoms with Crippen LogP contribution < -0.4 is 5.32 Å². The van der Waals surface area contributed by atoms with Crippen molar-refractivity contribution in [1.29, 1.82) is 0 Å². The number of hydrogen-bond donors (Lipinski definition) is 1. The topological polar surface area (TPSA) is 12.0 Å². The van der Waals surface area contributed by atoms with Crippen LogP contribution in [-0.4, -0.2) is 6.04 Å². The van der Waals surface area contributed by atoms with Crippen LogP contribution in [0.3, 0.4) is 0 Å². The molecular formula is C12H19NS. The summed E-state index contributed by atoms with van der Waals surface area (Å²) in [5.41, 5.74) is 1.43. The van der Waals surface area contributed by atoms with E-state index in [0.717, 1.165) is 5.92 Å². The average Bonchev–Trinajstić information content (AvgIpc) is 2.89. The Hall–Kier alpha value is -0.340. The van der Waals surface area contributed by atoms with Gasteiger partial charge in [0.15, 0.2) is 0 Å². The molecule has 1 nitrogen and oxygen atoms in total. The Bertz CT molecular complexity index is 301. The van der Waals surface area contributed by atoms with Crippen LogP contribution in [0.1, 0.15) is 43.2 Å². The van der Waals surface area contributed by atoms with Crippen LogP contribution in [-0.2, 0) is 0 Å². The second-order valence-corrected chi connectivity index (χ2v) is 5.43. The molecule has 0 amide bonds. The molecule has 2 heteroatoms. The number of hydrogen-bond acceptors (Lipinski definition) is 2. The summed E-state index contributed by atoms with van der Waals surface area (Å²) in [5, 5.41) is 5.88. The van der Waals surface area contributed by atoms with E-state index in [0.29, 0.717) is 12.1 Å². The fraction of sp³-hybridized carbons (Fsp3) is 0.667. The Labute approximate surface area is 90.5 Å². The van der Waals surface area contributed by atoms with Gasteiger partial charge in [0.2, 0.25) is 0 Å². The van der Waals surface area contributed by atoms with Gasteiger partial charge >= 0.3 is 0 Å². The Kier molecular flexibility index (Phi) is 2.93. The van der Waals surface area contributed by atoms with E-state index in [2.05, 4.69) is 37.5 Å². The van der Waals surface area contributed by atoms with Crippen LogP contribution in [0, 0.1) is 12.8 Å². The molecule has 2 unspecified atom stereocenters. The summed E-state index contributed by atoms with van der Waals surface area (Å²) in [5.74, 6) is 0.942. The van der Waals surface area contributed by atoms with E-state index in [1.165, 1.54) is 23.3 Å². The minimum atomic E-state index is 0.519. The highest BCUT2D eigenvalue weighted by Gasteiger charge is 2.28. The van der Waals surface area contributed by atoms with Gasteiger partial charge in [-0.05, 0) is 56.5 Å². The van der Waals surface area contributed by atoms with Crippen LogP contribution in [0.4, 0.5) is 0 Å². The molecule has 0 radical (unpaired) electrons. The normalized spacial score (nSPS) is 20.8. The molecule has 1 N–H and O–H groups in total. The summed E-state index contributed by atoms with van der Waals surface area (Å²) in [6.07, 6.45) is 2.84. The van der Waals surface area contributed by atoms with E-state index < -0.39 is 0 Å². The van der Waals surface area contributed by atoms with Gasteiger partial charge in [-0.1, -0.05) is 0 Å². The molecular weight excluding hydrogens is 190 g/mol. The average molecular weight is 209 g/mol. The van der Waals surface area contributed by atoms with Crippen molar-refractivity contribution in [2.75, 3.05) is 0 Å². The summed E-state index contributed by atoms with van der Waals surface area (Å²) in [6, 6.07) is 3.41. The SMILES string of the molecule is Cc1ccsc1C(C)NC(C)C1CC1. The molecule has 1 heterocycles. The molecule has 2 rings (SSSR count). The van der Waals surface area contributed by atoms with E-state index in [1.807, 2.05) is 11.3 Å². The Morgan fingerprint density at radius 3 is 2.64 bits per heavy atom. The summed E-state index contributed by atoms with van der Waals surface area (Å²) in [4.78, 5) is 1.50. The molecule has 1 fully saturated rings. The Morgan fingerprint density at radius 1 is 1.43 bits per heavy atom. The molecule has 2 atom stereocenters. The first-order valence-electron chi connectivity index (χ1n) is 5.48. The minimum absolute atomic E-state index is 0.519. The molecule has 1 aromatic heterocycles. The van der Waals surface area contributed by atoms with Crippen molar-refractivity contribution < 1.29 is 0 Å². The van der Waals surface area contributed by atoms with Gasteiger partial charge in [0.05, 0.1) is 0 Å². The molecule has 1 aliphatic carbocycles. The maximum Gasteiger partial charge on any atom is 0.0390 e. The molecule has 1 aromatic rings. The first-order chi connectivity index (χ1) is 6.68. The molecule has 0 aromatic carbocycles. The Morgan fingerprint density at radius 2 is 2.14 bits per heavy atom. The maximum atomic E-state index is 3.70. The zero-order valence-electron chi connectivity index (χ0n) is 9.21. The summed E-state index contributed by atoms with van der Waals surface area (Å²) in [6.45, 7) is 6.79. The predicted molar refractivity (Wildman–Crippen MR) is 62.8 cm³/mol. The van der Waals surface area contributed by atoms with Crippen LogP contribution in [0.25, 0.3) is 0 Å². The van der Waals surface area contributed by atoms with Crippen molar-refractivity contribution in [1.82, 2.24) is 5.32 Å². The lowest BCUT2D eigenvalue weighted by Gasteiger charge is -2.19. The molecule has 0 aliphatic heterocycles. The summed E-state index contributed by atoms with van der Waals surface area (Å²) < 4.78 is 0. The van der Waals surface area contributed by atoms with Gasteiger partial charge in [0.25, 0.3) is 0 Å². The van der Waals surface area contributed by atoms with Crippen LogP contribution in [0.15, 0.2) is 11.4 Å². The van der Waals surface area contributed by atoms with E-state index in [4.69, 9.17) is 0 Å². The summed E-state index contributed by atoms with van der Waals surface area (Å²) in [7, 11) is 0. The van der Waals surface area contributed by atoms with E-state index in [9.17, 15) is 0 Å². The molecule has 1 aliphatic rings. The van der Waals surface area contributed by atoms with E-state index in [1.54, 1.807) is 0 Å². The van der Waals surface area contributed by atoms with E-state index in [-0.39, 0.29) is 0 Å². The third-order valence-electron chi connectivity index (χ3n) is 3.14. The lowest BCUT2D eigenvalue weighted by Crippen LogP contribution is -2.30. The molecule has 0 saturated heterocycles. The lowest BCUT2D eigenvalue weighted by molar-refractivity contribution is 0.444. The van der Waals surface area contributed by atoms with Gasteiger partial charge in [-0.3, -0.25) is 0 Å². The molecule has 0 spiro atoms. The zero-order chi connectivity index (χ0) is 10.1. The molecule has 78 valence electrons. The smallest absolute Gasteiger partial charge is 0.0390 e. The van der Waals surface area contributed by atoms with Crippen LogP contribution in [0.2, 0.25) is 0 Å². The first kappa shape index (κ1) is 10.2. The number of thiophene rings is 1. The van der Waals surface area contributed by atoms with Gasteiger partial charge in [-0.15, -0.1) is 11.3 Å². The molecule has 0 bridgehead atoms. The summed E-state index contributed by atoms with van der Waals surface area (Å²) >= 11 is 1.87. The highest BCUT2D eigenvalue weighted by Crippen LogP contribution is 2.34. The fourth-order valence-electron chi connectivity index (χ4n) is 2.03.